The maximum absolute atomic E-state index is 11.0. The molecule has 17 heavy (non-hydrogen) atoms. The van der Waals surface area contributed by atoms with E-state index in [0.717, 1.165) is 29.8 Å². The van der Waals surface area contributed by atoms with Crippen LogP contribution in [0.1, 0.15) is 18.9 Å². The van der Waals surface area contributed by atoms with Gasteiger partial charge < -0.3 is 10.2 Å². The zero-order valence-corrected chi connectivity index (χ0v) is 11.6. The molecule has 0 saturated carbocycles. The van der Waals surface area contributed by atoms with Crippen LogP contribution < -0.4 is 10.2 Å². The van der Waals surface area contributed by atoms with E-state index in [4.69, 9.17) is 0 Å². The second kappa shape index (κ2) is 5.04. The molecule has 1 saturated heterocycles. The van der Waals surface area contributed by atoms with Crippen molar-refractivity contribution >= 4 is 27.7 Å². The van der Waals surface area contributed by atoms with Crippen molar-refractivity contribution in [2.75, 3.05) is 18.0 Å². The van der Waals surface area contributed by atoms with Crippen LogP contribution in [-0.2, 0) is 4.79 Å². The van der Waals surface area contributed by atoms with Crippen molar-refractivity contribution in [3.8, 4) is 0 Å². The summed E-state index contributed by atoms with van der Waals surface area (Å²) in [5, 5.41) is 2.95. The minimum Gasteiger partial charge on any atom is -0.354 e. The van der Waals surface area contributed by atoms with Crippen LogP contribution in [0.3, 0.4) is 0 Å². The van der Waals surface area contributed by atoms with Crippen LogP contribution in [0.5, 0.6) is 0 Å². The monoisotopic (exact) mass is 297 g/mol. The first-order valence-electron chi connectivity index (χ1n) is 5.70. The van der Waals surface area contributed by atoms with Crippen molar-refractivity contribution in [2.24, 2.45) is 0 Å². The SMILES string of the molecule is CC(=O)NC1CCN(c2cc(C)c(Br)cn2)C1. The van der Waals surface area contributed by atoms with Gasteiger partial charge in [-0.15, -0.1) is 0 Å². The van der Waals surface area contributed by atoms with Crippen molar-refractivity contribution in [3.05, 3.63) is 22.3 Å². The molecule has 1 aliphatic rings. The van der Waals surface area contributed by atoms with Crippen LogP contribution in [0.2, 0.25) is 0 Å². The normalized spacial score (nSPS) is 19.5. The Morgan fingerprint density at radius 2 is 2.41 bits per heavy atom. The second-order valence-electron chi connectivity index (χ2n) is 4.42. The molecule has 4 nitrogen and oxygen atoms in total. The first-order valence-corrected chi connectivity index (χ1v) is 6.50. The maximum atomic E-state index is 11.0. The van der Waals surface area contributed by atoms with Crippen molar-refractivity contribution in [1.29, 1.82) is 0 Å². The van der Waals surface area contributed by atoms with E-state index in [1.807, 2.05) is 6.20 Å². The predicted octanol–water partition coefficient (Wildman–Crippen LogP) is 1.87. The van der Waals surface area contributed by atoms with E-state index in [9.17, 15) is 4.79 Å². The van der Waals surface area contributed by atoms with E-state index in [-0.39, 0.29) is 11.9 Å². The van der Waals surface area contributed by atoms with Crippen LogP contribution in [0.15, 0.2) is 16.7 Å². The first kappa shape index (κ1) is 12.4. The standard InChI is InChI=1S/C12H16BrN3O/c1-8-5-12(14-6-11(8)13)16-4-3-10(7-16)15-9(2)17/h5-6,10H,3-4,7H2,1-2H3,(H,15,17). The van der Waals surface area contributed by atoms with Crippen molar-refractivity contribution < 1.29 is 4.79 Å². The molecule has 0 bridgehead atoms. The summed E-state index contributed by atoms with van der Waals surface area (Å²) in [6, 6.07) is 2.32. The molecule has 0 spiro atoms. The number of hydrogen-bond donors (Lipinski definition) is 1. The molecule has 0 radical (unpaired) electrons. The lowest BCUT2D eigenvalue weighted by molar-refractivity contribution is -0.119. The molecule has 2 heterocycles. The fourth-order valence-electron chi connectivity index (χ4n) is 2.07. The van der Waals surface area contributed by atoms with Gasteiger partial charge in [0.15, 0.2) is 0 Å². The Morgan fingerprint density at radius 1 is 1.65 bits per heavy atom. The topological polar surface area (TPSA) is 45.2 Å². The van der Waals surface area contributed by atoms with E-state index in [1.54, 1.807) is 6.92 Å². The van der Waals surface area contributed by atoms with E-state index in [2.05, 4.69) is 44.1 Å². The average molecular weight is 298 g/mol. The number of halogens is 1. The minimum absolute atomic E-state index is 0.0387. The Kier molecular flexibility index (Phi) is 3.66. The summed E-state index contributed by atoms with van der Waals surface area (Å²) in [7, 11) is 0. The molecule has 1 aromatic rings. The lowest BCUT2D eigenvalue weighted by atomic mass is 10.2. The number of anilines is 1. The number of carbonyl (C=O) groups excluding carboxylic acids is 1. The maximum Gasteiger partial charge on any atom is 0.217 e. The Morgan fingerprint density at radius 3 is 3.06 bits per heavy atom. The van der Waals surface area contributed by atoms with Gasteiger partial charge in [0.2, 0.25) is 5.91 Å². The number of hydrogen-bond acceptors (Lipinski definition) is 3. The number of carbonyl (C=O) groups is 1. The highest BCUT2D eigenvalue weighted by Crippen LogP contribution is 2.23. The van der Waals surface area contributed by atoms with Gasteiger partial charge in [-0.3, -0.25) is 4.79 Å². The van der Waals surface area contributed by atoms with Crippen molar-refractivity contribution in [2.45, 2.75) is 26.3 Å². The molecule has 0 aliphatic carbocycles. The fraction of sp³-hybridized carbons (Fsp3) is 0.500. The number of aromatic nitrogens is 1. The van der Waals surface area contributed by atoms with Crippen LogP contribution >= 0.6 is 15.9 Å². The van der Waals surface area contributed by atoms with E-state index in [0.29, 0.717) is 0 Å². The highest BCUT2D eigenvalue weighted by atomic mass is 79.9. The fourth-order valence-corrected chi connectivity index (χ4v) is 2.29. The lowest BCUT2D eigenvalue weighted by Crippen LogP contribution is -2.35. The Labute approximate surface area is 110 Å². The summed E-state index contributed by atoms with van der Waals surface area (Å²) < 4.78 is 1.03. The molecule has 1 aromatic heterocycles. The molecule has 1 aliphatic heterocycles. The predicted molar refractivity (Wildman–Crippen MR) is 71.1 cm³/mol. The molecule has 1 amide bonds. The van der Waals surface area contributed by atoms with Gasteiger partial charge in [0.25, 0.3) is 0 Å². The quantitative estimate of drug-likeness (QED) is 0.906. The third-order valence-corrected chi connectivity index (χ3v) is 3.78. The van der Waals surface area contributed by atoms with Crippen LogP contribution in [0, 0.1) is 6.92 Å². The zero-order valence-electron chi connectivity index (χ0n) is 10.0. The van der Waals surface area contributed by atoms with E-state index in [1.165, 1.54) is 5.56 Å². The number of nitrogens with zero attached hydrogens (tertiary/aromatic N) is 2. The van der Waals surface area contributed by atoms with Crippen LogP contribution in [0.4, 0.5) is 5.82 Å². The Balaban J connectivity index is 2.04. The van der Waals surface area contributed by atoms with Gasteiger partial charge >= 0.3 is 0 Å². The van der Waals surface area contributed by atoms with Gasteiger partial charge in [0.1, 0.15) is 5.82 Å². The lowest BCUT2D eigenvalue weighted by Gasteiger charge is -2.18. The van der Waals surface area contributed by atoms with Crippen LogP contribution in [0.25, 0.3) is 0 Å². The Bertz CT molecular complexity index is 436. The minimum atomic E-state index is 0.0387. The summed E-state index contributed by atoms with van der Waals surface area (Å²) in [6.45, 7) is 5.40. The number of pyridine rings is 1. The highest BCUT2D eigenvalue weighted by Gasteiger charge is 2.23. The smallest absolute Gasteiger partial charge is 0.217 e. The summed E-state index contributed by atoms with van der Waals surface area (Å²) in [6.07, 6.45) is 2.81. The van der Waals surface area contributed by atoms with E-state index < -0.39 is 0 Å². The summed E-state index contributed by atoms with van der Waals surface area (Å²) in [5.41, 5.74) is 1.18. The van der Waals surface area contributed by atoms with Gasteiger partial charge in [-0.25, -0.2) is 4.98 Å². The van der Waals surface area contributed by atoms with E-state index >= 15 is 0 Å². The van der Waals surface area contributed by atoms with Gasteiger partial charge in [-0.2, -0.15) is 0 Å². The summed E-state index contributed by atoms with van der Waals surface area (Å²) in [4.78, 5) is 17.6. The number of nitrogens with one attached hydrogen (secondary N) is 1. The number of rotatable bonds is 2. The van der Waals surface area contributed by atoms with Crippen molar-refractivity contribution in [1.82, 2.24) is 10.3 Å². The highest BCUT2D eigenvalue weighted by molar-refractivity contribution is 9.10. The largest absolute Gasteiger partial charge is 0.354 e. The first-order chi connectivity index (χ1) is 8.06. The van der Waals surface area contributed by atoms with Gasteiger partial charge in [-0.05, 0) is 40.9 Å². The molecule has 92 valence electrons. The molecule has 1 N–H and O–H groups in total. The Hall–Kier alpha value is -1.10. The van der Waals surface area contributed by atoms with Crippen molar-refractivity contribution in [3.63, 3.8) is 0 Å². The molecule has 1 atom stereocenters. The zero-order chi connectivity index (χ0) is 12.4. The molecular weight excluding hydrogens is 282 g/mol. The third kappa shape index (κ3) is 2.97. The summed E-state index contributed by atoms with van der Waals surface area (Å²) >= 11 is 3.44. The average Bonchev–Trinajstić information content (AvgIpc) is 2.69. The second-order valence-corrected chi connectivity index (χ2v) is 5.28. The summed E-state index contributed by atoms with van der Waals surface area (Å²) in [5.74, 6) is 1.02. The van der Waals surface area contributed by atoms with Gasteiger partial charge in [0, 0.05) is 36.7 Å². The third-order valence-electron chi connectivity index (χ3n) is 2.95. The van der Waals surface area contributed by atoms with Gasteiger partial charge in [-0.1, -0.05) is 0 Å². The number of amides is 1. The van der Waals surface area contributed by atoms with Gasteiger partial charge in [0.05, 0.1) is 0 Å². The van der Waals surface area contributed by atoms with Crippen LogP contribution in [-0.4, -0.2) is 30.0 Å². The molecule has 5 heteroatoms. The number of aryl methyl sites for hydroxylation is 1. The molecule has 2 rings (SSSR count). The molecule has 1 unspecified atom stereocenters. The molecule has 0 aromatic carbocycles. The molecular formula is C12H16BrN3O. The molecule has 1 fully saturated rings.